The maximum Gasteiger partial charge on any atom is 0.357 e. The molecule has 0 aromatic rings. The highest BCUT2D eigenvalue weighted by molar-refractivity contribution is 8.10. The van der Waals surface area contributed by atoms with Crippen molar-refractivity contribution in [1.82, 2.24) is 0 Å². The van der Waals surface area contributed by atoms with E-state index in [1.54, 1.807) is 0 Å². The summed E-state index contributed by atoms with van der Waals surface area (Å²) in [5.74, 6) is 2.11. The van der Waals surface area contributed by atoms with Gasteiger partial charge in [0.25, 0.3) is 0 Å². The first-order chi connectivity index (χ1) is 4.27. The van der Waals surface area contributed by atoms with Crippen molar-refractivity contribution in [2.45, 2.75) is 19.4 Å². The van der Waals surface area contributed by atoms with Crippen LogP contribution in [0.25, 0.3) is 0 Å². The van der Waals surface area contributed by atoms with Gasteiger partial charge in [0.05, 0.1) is 0 Å². The fourth-order valence-electron chi connectivity index (χ4n) is 0.273. The lowest BCUT2D eigenvalue weighted by molar-refractivity contribution is 0.187. The molecule has 0 rings (SSSR count). The van der Waals surface area contributed by atoms with E-state index in [0.717, 1.165) is 0 Å². The highest BCUT2D eigenvalue weighted by Gasteiger charge is 2.21. The minimum absolute atomic E-state index is 1.17. The molecule has 0 aliphatic rings. The van der Waals surface area contributed by atoms with Crippen molar-refractivity contribution in [3.05, 3.63) is 0 Å². The van der Waals surface area contributed by atoms with E-state index in [0.29, 0.717) is 0 Å². The molecule has 0 saturated heterocycles. The van der Waals surface area contributed by atoms with Crippen LogP contribution in [0.4, 0.5) is 0 Å². The summed E-state index contributed by atoms with van der Waals surface area (Å²) in [5.41, 5.74) is -1.17. The summed E-state index contributed by atoms with van der Waals surface area (Å²) in [7, 11) is 0.787. The van der Waals surface area contributed by atoms with Crippen molar-refractivity contribution in [1.29, 1.82) is 0 Å². The van der Waals surface area contributed by atoms with Crippen LogP contribution in [-0.4, -0.2) is 14.0 Å². The molecule has 0 aromatic heterocycles. The molecular formula is C5H7ClO3S. The van der Waals surface area contributed by atoms with Crippen LogP contribution in [0, 0.1) is 12.3 Å². The third-order valence-electron chi connectivity index (χ3n) is 0.655. The SMILES string of the molecule is C#CC(C)(C)OS(=O)(=O)Cl. The summed E-state index contributed by atoms with van der Waals surface area (Å²) in [6.07, 6.45) is 4.92. The Bertz CT molecular complexity index is 247. The second-order valence-electron chi connectivity index (χ2n) is 2.13. The van der Waals surface area contributed by atoms with E-state index < -0.39 is 14.9 Å². The van der Waals surface area contributed by atoms with Crippen molar-refractivity contribution < 1.29 is 12.6 Å². The smallest absolute Gasteiger partial charge is 0.239 e. The molecule has 0 N–H and O–H groups in total. The van der Waals surface area contributed by atoms with Crippen molar-refractivity contribution in [2.24, 2.45) is 0 Å². The molecule has 58 valence electrons. The average molecular weight is 183 g/mol. The number of halogens is 1. The number of terminal acetylenes is 1. The van der Waals surface area contributed by atoms with Gasteiger partial charge in [0, 0.05) is 10.7 Å². The van der Waals surface area contributed by atoms with Gasteiger partial charge in [-0.1, -0.05) is 5.92 Å². The predicted octanol–water partition coefficient (Wildman–Crippen LogP) is 0.898. The molecule has 0 aliphatic carbocycles. The lowest BCUT2D eigenvalue weighted by atomic mass is 10.2. The molecule has 3 nitrogen and oxygen atoms in total. The second-order valence-corrected chi connectivity index (χ2v) is 4.22. The van der Waals surface area contributed by atoms with E-state index in [1.807, 2.05) is 0 Å². The van der Waals surface area contributed by atoms with Crippen LogP contribution in [-0.2, 0) is 13.5 Å². The van der Waals surface area contributed by atoms with Crippen LogP contribution < -0.4 is 0 Å². The molecule has 0 amide bonds. The Kier molecular flexibility index (Phi) is 2.72. The maximum absolute atomic E-state index is 10.3. The molecular weight excluding hydrogens is 176 g/mol. The highest BCUT2D eigenvalue weighted by Crippen LogP contribution is 2.13. The van der Waals surface area contributed by atoms with Gasteiger partial charge < -0.3 is 0 Å². The van der Waals surface area contributed by atoms with Gasteiger partial charge in [-0.25, -0.2) is 4.18 Å². The Morgan fingerprint density at radius 3 is 2.10 bits per heavy atom. The molecule has 0 spiro atoms. The lowest BCUT2D eigenvalue weighted by Crippen LogP contribution is -2.23. The first-order valence-corrected chi connectivity index (χ1v) is 4.63. The van der Waals surface area contributed by atoms with Gasteiger partial charge in [0.1, 0.15) is 5.60 Å². The lowest BCUT2D eigenvalue weighted by Gasteiger charge is -2.13. The molecule has 10 heavy (non-hydrogen) atoms. The molecule has 0 saturated carbocycles. The first kappa shape index (κ1) is 9.76. The molecule has 0 bridgehead atoms. The molecule has 5 heteroatoms. The van der Waals surface area contributed by atoms with E-state index in [9.17, 15) is 8.42 Å². The third kappa shape index (κ3) is 4.62. The topological polar surface area (TPSA) is 43.4 Å². The maximum atomic E-state index is 10.3. The van der Waals surface area contributed by atoms with Crippen LogP contribution >= 0.6 is 10.7 Å². The number of hydrogen-bond donors (Lipinski definition) is 0. The zero-order valence-corrected chi connectivity index (χ0v) is 7.16. The van der Waals surface area contributed by atoms with Crippen LogP contribution in [0.1, 0.15) is 13.8 Å². The first-order valence-electron chi connectivity index (χ1n) is 2.40. The van der Waals surface area contributed by atoms with Gasteiger partial charge in [0.2, 0.25) is 0 Å². The molecule has 0 radical (unpaired) electrons. The Hall–Kier alpha value is -0.240. The molecule has 0 aromatic carbocycles. The van der Waals surface area contributed by atoms with Gasteiger partial charge in [-0.15, -0.1) is 6.42 Å². The Labute approximate surface area is 65.0 Å². The van der Waals surface area contributed by atoms with Crippen molar-refractivity contribution in [3.8, 4) is 12.3 Å². The van der Waals surface area contributed by atoms with Crippen LogP contribution in [0.2, 0.25) is 0 Å². The molecule has 0 aliphatic heterocycles. The summed E-state index contributed by atoms with van der Waals surface area (Å²) in [6, 6.07) is 0. The fourth-order valence-corrected chi connectivity index (χ4v) is 1.29. The number of hydrogen-bond acceptors (Lipinski definition) is 3. The van der Waals surface area contributed by atoms with Crippen LogP contribution in [0.3, 0.4) is 0 Å². The second kappa shape index (κ2) is 2.79. The summed E-state index contributed by atoms with van der Waals surface area (Å²) in [4.78, 5) is 0. The Morgan fingerprint density at radius 2 is 2.00 bits per heavy atom. The number of rotatable bonds is 2. The summed E-state index contributed by atoms with van der Waals surface area (Å²) < 4.78 is 24.8. The standard InChI is InChI=1S/C5H7ClO3S/c1-4-5(2,3)9-10(6,7)8/h1H,2-3H3. The molecule has 0 unspecified atom stereocenters. The molecule has 0 heterocycles. The van der Waals surface area contributed by atoms with E-state index >= 15 is 0 Å². The zero-order valence-electron chi connectivity index (χ0n) is 5.59. The minimum atomic E-state index is -3.96. The molecule has 0 atom stereocenters. The fraction of sp³-hybridized carbons (Fsp3) is 0.600. The minimum Gasteiger partial charge on any atom is -0.239 e. The van der Waals surface area contributed by atoms with Gasteiger partial charge in [-0.3, -0.25) is 0 Å². The van der Waals surface area contributed by atoms with Crippen molar-refractivity contribution in [2.75, 3.05) is 0 Å². The zero-order chi connectivity index (χ0) is 8.41. The Balaban J connectivity index is 4.35. The van der Waals surface area contributed by atoms with Crippen LogP contribution in [0.5, 0.6) is 0 Å². The monoisotopic (exact) mass is 182 g/mol. The quantitative estimate of drug-likeness (QED) is 0.471. The largest absolute Gasteiger partial charge is 0.357 e. The Morgan fingerprint density at radius 1 is 1.60 bits per heavy atom. The van der Waals surface area contributed by atoms with Crippen molar-refractivity contribution in [3.63, 3.8) is 0 Å². The van der Waals surface area contributed by atoms with Crippen molar-refractivity contribution >= 4 is 20.0 Å². The predicted molar refractivity (Wildman–Crippen MR) is 38.8 cm³/mol. The average Bonchev–Trinajstić information content (AvgIpc) is 1.60. The van der Waals surface area contributed by atoms with E-state index in [1.165, 1.54) is 13.8 Å². The van der Waals surface area contributed by atoms with Gasteiger partial charge >= 0.3 is 9.33 Å². The van der Waals surface area contributed by atoms with Gasteiger partial charge in [-0.2, -0.15) is 8.42 Å². The highest BCUT2D eigenvalue weighted by atomic mass is 35.7. The third-order valence-corrected chi connectivity index (χ3v) is 1.46. The normalized spacial score (nSPS) is 12.6. The van der Waals surface area contributed by atoms with Gasteiger partial charge in [-0.05, 0) is 13.8 Å². The summed E-state index contributed by atoms with van der Waals surface area (Å²) >= 11 is 0. The summed E-state index contributed by atoms with van der Waals surface area (Å²) in [5, 5.41) is 0. The van der Waals surface area contributed by atoms with E-state index in [4.69, 9.17) is 17.1 Å². The van der Waals surface area contributed by atoms with E-state index in [2.05, 4.69) is 10.1 Å². The molecule has 0 fully saturated rings. The van der Waals surface area contributed by atoms with Gasteiger partial charge in [0.15, 0.2) is 0 Å². The van der Waals surface area contributed by atoms with Crippen LogP contribution in [0.15, 0.2) is 0 Å². The summed E-state index contributed by atoms with van der Waals surface area (Å²) in [6.45, 7) is 2.85. The van der Waals surface area contributed by atoms with E-state index in [-0.39, 0.29) is 0 Å².